The van der Waals surface area contributed by atoms with Gasteiger partial charge in [0.2, 0.25) is 11.9 Å². The molecular weight excluding hydrogens is 489 g/mol. The van der Waals surface area contributed by atoms with Crippen LogP contribution in [0.3, 0.4) is 0 Å². The molecule has 9 nitrogen and oxygen atoms in total. The summed E-state index contributed by atoms with van der Waals surface area (Å²) in [6.07, 6.45) is -3.13. The smallest absolute Gasteiger partial charge is 0.392 e. The molecule has 1 amide bonds. The zero-order chi connectivity index (χ0) is 26.0. The van der Waals surface area contributed by atoms with Gasteiger partial charge in [0.15, 0.2) is 11.5 Å². The van der Waals surface area contributed by atoms with Gasteiger partial charge in [-0.05, 0) is 55.7 Å². The summed E-state index contributed by atoms with van der Waals surface area (Å²) in [4.78, 5) is 22.0. The van der Waals surface area contributed by atoms with Crippen molar-refractivity contribution >= 4 is 28.4 Å². The summed E-state index contributed by atoms with van der Waals surface area (Å²) in [5.74, 6) is 1.36. The van der Waals surface area contributed by atoms with E-state index in [4.69, 9.17) is 14.5 Å². The first-order chi connectivity index (χ1) is 17.8. The van der Waals surface area contributed by atoms with Crippen molar-refractivity contribution in [2.45, 2.75) is 37.9 Å². The Hall–Kier alpha value is -4.09. The number of benzene rings is 2. The van der Waals surface area contributed by atoms with Gasteiger partial charge in [-0.1, -0.05) is 6.07 Å². The number of amides is 1. The Bertz CT molecular complexity index is 1420. The van der Waals surface area contributed by atoms with Gasteiger partial charge in [-0.3, -0.25) is 4.79 Å². The molecule has 3 heterocycles. The van der Waals surface area contributed by atoms with Crippen molar-refractivity contribution in [2.75, 3.05) is 25.6 Å². The number of carbonyl (C=O) groups is 1. The first-order valence-electron chi connectivity index (χ1n) is 11.9. The van der Waals surface area contributed by atoms with Crippen molar-refractivity contribution in [3.63, 3.8) is 0 Å². The average Bonchev–Trinajstić information content (AvgIpc) is 3.23. The summed E-state index contributed by atoms with van der Waals surface area (Å²) in [6, 6.07) is 11.6. The fourth-order valence-electron chi connectivity index (χ4n) is 4.19. The Morgan fingerprint density at radius 2 is 1.95 bits per heavy atom. The first kappa shape index (κ1) is 24.6. The Morgan fingerprint density at radius 3 is 2.70 bits per heavy atom. The van der Waals surface area contributed by atoms with Gasteiger partial charge in [-0.25, -0.2) is 9.97 Å². The third-order valence-corrected chi connectivity index (χ3v) is 6.10. The monoisotopic (exact) mass is 514 g/mol. The number of hydrogen-bond acceptors (Lipinski definition) is 7. The van der Waals surface area contributed by atoms with E-state index in [9.17, 15) is 18.0 Å². The number of anilines is 1. The number of hydrogen-bond donors (Lipinski definition) is 2. The standard InChI is InChI=1S/C25H25F3N6O3/c1-36-16-10-8-15(9-11-16)21-32-22-17-5-4-7-19(37-14-12-25(26,27)28)20(17)31-24(34(22)33-21)30-18-6-2-3-13-29-23(18)35/h4-5,7-11,18H,2-3,6,12-14H2,1H3,(H,29,35)(H,30,31)/t18-/m1/s1. The van der Waals surface area contributed by atoms with E-state index in [0.29, 0.717) is 41.1 Å². The van der Waals surface area contributed by atoms with Crippen LogP contribution in [0.15, 0.2) is 42.5 Å². The third kappa shape index (κ3) is 5.37. The van der Waals surface area contributed by atoms with Gasteiger partial charge in [0.05, 0.1) is 20.1 Å². The molecule has 4 aromatic rings. The van der Waals surface area contributed by atoms with Crippen molar-refractivity contribution in [1.29, 1.82) is 0 Å². The van der Waals surface area contributed by atoms with E-state index in [-0.39, 0.29) is 17.6 Å². The molecule has 1 saturated heterocycles. The summed E-state index contributed by atoms with van der Waals surface area (Å²) in [7, 11) is 1.58. The Balaban J connectivity index is 1.61. The van der Waals surface area contributed by atoms with Gasteiger partial charge in [-0.2, -0.15) is 17.7 Å². The van der Waals surface area contributed by atoms with Crippen molar-refractivity contribution in [1.82, 2.24) is 24.9 Å². The maximum atomic E-state index is 12.7. The molecule has 1 aliphatic rings. The maximum Gasteiger partial charge on any atom is 0.392 e. The van der Waals surface area contributed by atoms with E-state index < -0.39 is 25.2 Å². The maximum absolute atomic E-state index is 12.7. The average molecular weight is 515 g/mol. The highest BCUT2D eigenvalue weighted by atomic mass is 19.4. The second kappa shape index (κ2) is 10.1. The Morgan fingerprint density at radius 1 is 1.14 bits per heavy atom. The minimum absolute atomic E-state index is 0.155. The fourth-order valence-corrected chi connectivity index (χ4v) is 4.19. The zero-order valence-corrected chi connectivity index (χ0v) is 20.0. The largest absolute Gasteiger partial charge is 0.497 e. The van der Waals surface area contributed by atoms with E-state index in [1.54, 1.807) is 37.4 Å². The number of aromatic nitrogens is 4. The molecule has 37 heavy (non-hydrogen) atoms. The number of halogens is 3. The van der Waals surface area contributed by atoms with E-state index >= 15 is 0 Å². The highest BCUT2D eigenvalue weighted by Gasteiger charge is 2.28. The van der Waals surface area contributed by atoms with Gasteiger partial charge in [0.25, 0.3) is 0 Å². The van der Waals surface area contributed by atoms with Crippen LogP contribution in [-0.2, 0) is 4.79 Å². The predicted molar refractivity (Wildman–Crippen MR) is 131 cm³/mol. The summed E-state index contributed by atoms with van der Waals surface area (Å²) in [5.41, 5.74) is 1.48. The van der Waals surface area contributed by atoms with Crippen LogP contribution in [0.5, 0.6) is 11.5 Å². The molecule has 0 aliphatic carbocycles. The van der Waals surface area contributed by atoms with Crippen LogP contribution in [0, 0.1) is 0 Å². The van der Waals surface area contributed by atoms with Crippen LogP contribution in [0.1, 0.15) is 25.7 Å². The van der Waals surface area contributed by atoms with Crippen LogP contribution in [-0.4, -0.2) is 58.0 Å². The van der Waals surface area contributed by atoms with E-state index in [2.05, 4.69) is 20.7 Å². The number of para-hydroxylation sites is 1. The molecule has 2 aromatic heterocycles. The SMILES string of the molecule is COc1ccc(-c2nc3c4cccc(OCCC(F)(F)F)c4nc(N[C@@H]4CCCCNC4=O)n3n2)cc1. The van der Waals surface area contributed by atoms with E-state index in [1.165, 1.54) is 4.52 Å². The number of methoxy groups -OCH3 is 1. The number of nitrogens with one attached hydrogen (secondary N) is 2. The van der Waals surface area contributed by atoms with Crippen LogP contribution >= 0.6 is 0 Å². The highest BCUT2D eigenvalue weighted by Crippen LogP contribution is 2.31. The van der Waals surface area contributed by atoms with E-state index in [1.807, 2.05) is 12.1 Å². The number of ether oxygens (including phenoxy) is 2. The quantitative estimate of drug-likeness (QED) is 0.378. The minimum atomic E-state index is -4.34. The van der Waals surface area contributed by atoms with Crippen LogP contribution in [0.4, 0.5) is 19.1 Å². The number of alkyl halides is 3. The molecule has 12 heteroatoms. The van der Waals surface area contributed by atoms with Gasteiger partial charge in [0, 0.05) is 17.5 Å². The molecule has 0 radical (unpaired) electrons. The van der Waals surface area contributed by atoms with E-state index in [0.717, 1.165) is 18.4 Å². The topological polar surface area (TPSA) is 103 Å². The summed E-state index contributed by atoms with van der Waals surface area (Å²) in [5, 5.41) is 11.2. The molecule has 0 saturated carbocycles. The van der Waals surface area contributed by atoms with Crippen LogP contribution in [0.2, 0.25) is 0 Å². The molecule has 0 unspecified atom stereocenters. The van der Waals surface area contributed by atoms with Crippen molar-refractivity contribution < 1.29 is 27.4 Å². The van der Waals surface area contributed by atoms with Crippen molar-refractivity contribution in [3.05, 3.63) is 42.5 Å². The number of rotatable bonds is 7. The molecular formula is C25H25F3N6O3. The number of carbonyl (C=O) groups excluding carboxylic acids is 1. The number of fused-ring (bicyclic) bond motifs is 3. The summed E-state index contributed by atoms with van der Waals surface area (Å²) in [6.45, 7) is 0.0484. The number of nitrogens with zero attached hydrogens (tertiary/aromatic N) is 4. The Kier molecular flexibility index (Phi) is 6.72. The molecule has 1 fully saturated rings. The highest BCUT2D eigenvalue weighted by molar-refractivity contribution is 5.96. The predicted octanol–water partition coefficient (Wildman–Crippen LogP) is 4.36. The summed E-state index contributed by atoms with van der Waals surface area (Å²) >= 11 is 0. The lowest BCUT2D eigenvalue weighted by molar-refractivity contribution is -0.139. The van der Waals surface area contributed by atoms with Crippen molar-refractivity contribution in [3.8, 4) is 22.9 Å². The molecule has 1 aliphatic heterocycles. The summed E-state index contributed by atoms with van der Waals surface area (Å²) < 4.78 is 50.4. The van der Waals surface area contributed by atoms with Crippen LogP contribution < -0.4 is 20.1 Å². The van der Waals surface area contributed by atoms with Gasteiger partial charge >= 0.3 is 6.18 Å². The lowest BCUT2D eigenvalue weighted by Gasteiger charge is -2.17. The lowest BCUT2D eigenvalue weighted by atomic mass is 10.1. The normalized spacial score (nSPS) is 16.4. The third-order valence-electron chi connectivity index (χ3n) is 6.10. The molecule has 5 rings (SSSR count). The van der Waals surface area contributed by atoms with Gasteiger partial charge in [0.1, 0.15) is 23.1 Å². The Labute approximate surface area is 210 Å². The fraction of sp³-hybridized carbons (Fsp3) is 0.360. The van der Waals surface area contributed by atoms with Crippen LogP contribution in [0.25, 0.3) is 27.9 Å². The first-order valence-corrected chi connectivity index (χ1v) is 11.9. The zero-order valence-electron chi connectivity index (χ0n) is 20.0. The second-order valence-corrected chi connectivity index (χ2v) is 8.68. The minimum Gasteiger partial charge on any atom is -0.497 e. The molecule has 1 atom stereocenters. The van der Waals surface area contributed by atoms with Gasteiger partial charge < -0.3 is 20.1 Å². The van der Waals surface area contributed by atoms with Gasteiger partial charge in [-0.15, -0.1) is 5.10 Å². The molecule has 2 N–H and O–H groups in total. The molecule has 0 bridgehead atoms. The molecule has 2 aromatic carbocycles. The van der Waals surface area contributed by atoms with Crippen molar-refractivity contribution in [2.24, 2.45) is 0 Å². The molecule has 194 valence electrons. The lowest BCUT2D eigenvalue weighted by Crippen LogP contribution is -2.38. The second-order valence-electron chi connectivity index (χ2n) is 8.68. The molecule has 0 spiro atoms.